The van der Waals surface area contributed by atoms with E-state index < -0.39 is 0 Å². The molecular weight excluding hydrogens is 188 g/mol. The summed E-state index contributed by atoms with van der Waals surface area (Å²) in [5, 5.41) is 6.92. The Labute approximate surface area is 90.6 Å². The fourth-order valence-electron chi connectivity index (χ4n) is 1.91. The molecule has 0 aromatic rings. The number of rotatable bonds is 0. The highest BCUT2D eigenvalue weighted by Gasteiger charge is 2.14. The monoisotopic (exact) mass is 206 g/mol. The van der Waals surface area contributed by atoms with Gasteiger partial charge in [0.2, 0.25) is 0 Å². The molecule has 1 unspecified atom stereocenters. The van der Waals surface area contributed by atoms with Crippen LogP contribution in [-0.2, 0) is 0 Å². The molecule has 0 aromatic carbocycles. The first-order valence-corrected chi connectivity index (χ1v) is 5.63. The molecule has 4 nitrogen and oxygen atoms in total. The minimum absolute atomic E-state index is 0.559. The van der Waals surface area contributed by atoms with Crippen LogP contribution in [0.2, 0.25) is 0 Å². The summed E-state index contributed by atoms with van der Waals surface area (Å²) in [4.78, 5) is 8.42. The molecule has 82 valence electrons. The van der Waals surface area contributed by atoms with Crippen molar-refractivity contribution in [3.8, 4) is 0 Å². The number of nitrogens with zero attached hydrogens (tertiary/aromatic N) is 2. The van der Waals surface area contributed by atoms with Crippen LogP contribution in [0.25, 0.3) is 0 Å². The lowest BCUT2D eigenvalue weighted by Crippen LogP contribution is -2.41. The van der Waals surface area contributed by atoms with Gasteiger partial charge < -0.3 is 10.6 Å². The van der Waals surface area contributed by atoms with Crippen LogP contribution < -0.4 is 10.6 Å². The molecule has 2 aliphatic heterocycles. The summed E-state index contributed by atoms with van der Waals surface area (Å²) in [6.45, 7) is 2.80. The number of piperidine rings is 1. The quantitative estimate of drug-likeness (QED) is 0.613. The Morgan fingerprint density at radius 3 is 3.33 bits per heavy atom. The van der Waals surface area contributed by atoms with Crippen LogP contribution in [0.3, 0.4) is 0 Å². The van der Waals surface area contributed by atoms with Gasteiger partial charge in [0.25, 0.3) is 0 Å². The molecule has 0 aliphatic carbocycles. The lowest BCUT2D eigenvalue weighted by atomic mass is 10.0. The van der Waals surface area contributed by atoms with Crippen molar-refractivity contribution >= 4 is 12.4 Å². The number of nitrogens with one attached hydrogen (secondary N) is 2. The average Bonchev–Trinajstić information content (AvgIpc) is 2.26. The Morgan fingerprint density at radius 2 is 2.33 bits per heavy atom. The molecule has 0 amide bonds. The summed E-state index contributed by atoms with van der Waals surface area (Å²) in [6, 6.07) is 0.559. The predicted octanol–water partition coefficient (Wildman–Crippen LogP) is 0.715. The molecule has 0 saturated carbocycles. The van der Waals surface area contributed by atoms with Crippen molar-refractivity contribution in [3.05, 3.63) is 11.9 Å². The van der Waals surface area contributed by atoms with Crippen molar-refractivity contribution in [2.75, 3.05) is 19.6 Å². The van der Waals surface area contributed by atoms with E-state index in [1.807, 2.05) is 6.20 Å². The molecular formula is C11H18N4. The van der Waals surface area contributed by atoms with E-state index in [1.54, 1.807) is 12.4 Å². The van der Waals surface area contributed by atoms with Gasteiger partial charge in [0.05, 0.1) is 6.54 Å². The second-order valence-corrected chi connectivity index (χ2v) is 3.95. The van der Waals surface area contributed by atoms with Gasteiger partial charge in [-0.3, -0.25) is 9.98 Å². The van der Waals surface area contributed by atoms with Crippen LogP contribution in [0.1, 0.15) is 19.3 Å². The fraction of sp³-hybridized carbons (Fsp3) is 0.636. The molecule has 15 heavy (non-hydrogen) atoms. The summed E-state index contributed by atoms with van der Waals surface area (Å²) < 4.78 is 0. The van der Waals surface area contributed by atoms with Gasteiger partial charge in [-0.1, -0.05) is 0 Å². The summed E-state index contributed by atoms with van der Waals surface area (Å²) in [6.07, 6.45) is 9.05. The van der Waals surface area contributed by atoms with Crippen LogP contribution >= 0.6 is 0 Å². The predicted molar refractivity (Wildman–Crippen MR) is 63.6 cm³/mol. The first-order valence-electron chi connectivity index (χ1n) is 5.63. The zero-order valence-corrected chi connectivity index (χ0v) is 8.95. The van der Waals surface area contributed by atoms with Gasteiger partial charge in [0.15, 0.2) is 0 Å². The topological polar surface area (TPSA) is 48.8 Å². The van der Waals surface area contributed by atoms with Crippen LogP contribution in [0.15, 0.2) is 21.9 Å². The van der Waals surface area contributed by atoms with Gasteiger partial charge in [-0.15, -0.1) is 0 Å². The Bertz CT molecular complexity index is 280. The van der Waals surface area contributed by atoms with E-state index >= 15 is 0 Å². The van der Waals surface area contributed by atoms with Crippen LogP contribution in [0.5, 0.6) is 0 Å². The molecule has 2 aliphatic rings. The van der Waals surface area contributed by atoms with Crippen LogP contribution in [0, 0.1) is 0 Å². The minimum atomic E-state index is 0.559. The molecule has 1 atom stereocenters. The highest BCUT2D eigenvalue weighted by Crippen LogP contribution is 2.14. The second-order valence-electron chi connectivity index (χ2n) is 3.95. The maximum atomic E-state index is 4.21. The largest absolute Gasteiger partial charge is 0.383 e. The number of aliphatic imine (C=N–C) groups is 2. The van der Waals surface area contributed by atoms with Gasteiger partial charge in [-0.2, -0.15) is 0 Å². The highest BCUT2D eigenvalue weighted by atomic mass is 15.0. The number of allylic oxidation sites excluding steroid dienone is 1. The Balaban J connectivity index is 2.02. The maximum Gasteiger partial charge on any atom is 0.0514 e. The van der Waals surface area contributed by atoms with Gasteiger partial charge in [-0.05, 0) is 19.3 Å². The molecule has 4 heteroatoms. The van der Waals surface area contributed by atoms with Crippen molar-refractivity contribution in [1.29, 1.82) is 0 Å². The highest BCUT2D eigenvalue weighted by molar-refractivity contribution is 6.16. The van der Waals surface area contributed by atoms with Gasteiger partial charge in [-0.25, -0.2) is 0 Å². The third-order valence-corrected chi connectivity index (χ3v) is 2.69. The molecule has 0 radical (unpaired) electrons. The fourth-order valence-corrected chi connectivity index (χ4v) is 1.91. The van der Waals surface area contributed by atoms with Crippen molar-refractivity contribution in [3.63, 3.8) is 0 Å². The Hall–Kier alpha value is -1.16. The van der Waals surface area contributed by atoms with E-state index in [4.69, 9.17) is 0 Å². The van der Waals surface area contributed by atoms with Crippen molar-refractivity contribution < 1.29 is 0 Å². The van der Waals surface area contributed by atoms with E-state index in [0.29, 0.717) is 6.04 Å². The second kappa shape index (κ2) is 5.66. The summed E-state index contributed by atoms with van der Waals surface area (Å²) in [5.41, 5.74) is 1.25. The van der Waals surface area contributed by atoms with Gasteiger partial charge in [0, 0.05) is 43.5 Å². The van der Waals surface area contributed by atoms with Crippen molar-refractivity contribution in [2.24, 2.45) is 9.98 Å². The zero-order chi connectivity index (χ0) is 10.3. The zero-order valence-electron chi connectivity index (χ0n) is 8.95. The number of fused-ring (bicyclic) bond motifs is 2. The normalized spacial score (nSPS) is 34.9. The molecule has 1 saturated heterocycles. The first-order chi connectivity index (χ1) is 7.45. The lowest BCUT2D eigenvalue weighted by Gasteiger charge is -2.26. The average molecular weight is 206 g/mol. The summed E-state index contributed by atoms with van der Waals surface area (Å²) >= 11 is 0. The van der Waals surface area contributed by atoms with E-state index in [9.17, 15) is 0 Å². The van der Waals surface area contributed by atoms with E-state index in [2.05, 4.69) is 20.6 Å². The lowest BCUT2D eigenvalue weighted by molar-refractivity contribution is 0.426. The number of hydrogen-bond acceptors (Lipinski definition) is 4. The third-order valence-electron chi connectivity index (χ3n) is 2.69. The van der Waals surface area contributed by atoms with E-state index in [-0.39, 0.29) is 0 Å². The molecule has 1 fully saturated rings. The molecule has 2 rings (SSSR count). The van der Waals surface area contributed by atoms with E-state index in [0.717, 1.165) is 26.1 Å². The minimum Gasteiger partial charge on any atom is -0.383 e. The smallest absolute Gasteiger partial charge is 0.0514 e. The van der Waals surface area contributed by atoms with Crippen molar-refractivity contribution in [1.82, 2.24) is 10.6 Å². The Morgan fingerprint density at radius 1 is 1.33 bits per heavy atom. The SMILES string of the molecule is C1=N\C=C2/CCCC(CNCC\N=C/1)N2. The van der Waals surface area contributed by atoms with Crippen LogP contribution in [0.4, 0.5) is 0 Å². The molecule has 0 aromatic heterocycles. The van der Waals surface area contributed by atoms with Crippen molar-refractivity contribution in [2.45, 2.75) is 25.3 Å². The molecule has 2 N–H and O–H groups in total. The summed E-state index contributed by atoms with van der Waals surface area (Å²) in [7, 11) is 0. The third kappa shape index (κ3) is 3.47. The molecule has 0 spiro atoms. The maximum absolute atomic E-state index is 4.21. The first kappa shape index (κ1) is 10.4. The molecule has 2 bridgehead atoms. The molecule has 2 heterocycles. The van der Waals surface area contributed by atoms with Gasteiger partial charge in [0.1, 0.15) is 0 Å². The number of hydrogen-bond donors (Lipinski definition) is 2. The standard InChI is InChI=1S/C11H18N4/c1-2-10-8-13-6-4-12-5-7-14-9-11(3-1)15-10/h4,6,8,11,14-15H,1-3,5,7,9H2/b10-8+,12-4-,13-6-. The Kier molecular flexibility index (Phi) is 3.91. The van der Waals surface area contributed by atoms with Crippen LogP contribution in [-0.4, -0.2) is 38.1 Å². The summed E-state index contributed by atoms with van der Waals surface area (Å²) in [5.74, 6) is 0. The van der Waals surface area contributed by atoms with E-state index in [1.165, 1.54) is 18.5 Å². The van der Waals surface area contributed by atoms with Gasteiger partial charge >= 0.3 is 0 Å².